The Morgan fingerprint density at radius 2 is 1.64 bits per heavy atom. The monoisotopic (exact) mass is 390 g/mol. The van der Waals surface area contributed by atoms with Gasteiger partial charge >= 0.3 is 6.18 Å². The van der Waals surface area contributed by atoms with Gasteiger partial charge in [-0.1, -0.05) is 77.3 Å². The lowest BCUT2D eigenvalue weighted by molar-refractivity contribution is -0.137. The van der Waals surface area contributed by atoms with Crippen LogP contribution in [0.3, 0.4) is 0 Å². The molecule has 0 fully saturated rings. The summed E-state index contributed by atoms with van der Waals surface area (Å²) in [4.78, 5) is 13.2. The highest BCUT2D eigenvalue weighted by Crippen LogP contribution is 2.36. The molecule has 28 heavy (non-hydrogen) atoms. The Labute approximate surface area is 166 Å². The molecule has 2 rings (SSSR count). The maximum atomic E-state index is 13.6. The molecular weight excluding hydrogens is 361 g/mol. The van der Waals surface area contributed by atoms with Crippen LogP contribution in [0.4, 0.5) is 13.2 Å². The number of carbonyl (C=O) groups excluding carboxylic acids is 1. The molecular formula is C24H29F3O. The maximum Gasteiger partial charge on any atom is 0.417 e. The predicted octanol–water partition coefficient (Wildman–Crippen LogP) is 7.74. The van der Waals surface area contributed by atoms with Crippen LogP contribution < -0.4 is 0 Å². The summed E-state index contributed by atoms with van der Waals surface area (Å²) in [5.41, 5.74) is 0.788. The first kappa shape index (κ1) is 22.2. The van der Waals surface area contributed by atoms with Crippen molar-refractivity contribution in [2.75, 3.05) is 0 Å². The van der Waals surface area contributed by atoms with Crippen LogP contribution in [0.1, 0.15) is 97.8 Å². The minimum absolute atomic E-state index is 0.0469. The first-order valence-electron chi connectivity index (χ1n) is 10.0. The lowest BCUT2D eigenvalue weighted by Crippen LogP contribution is -2.16. The summed E-state index contributed by atoms with van der Waals surface area (Å²) in [6, 6.07) is 11.0. The molecule has 0 amide bonds. The van der Waals surface area contributed by atoms with E-state index in [9.17, 15) is 18.0 Å². The summed E-state index contributed by atoms with van der Waals surface area (Å²) in [5, 5.41) is 0. The zero-order valence-corrected chi connectivity index (χ0v) is 17.1. The second kappa shape index (κ2) is 9.40. The van der Waals surface area contributed by atoms with E-state index in [-0.39, 0.29) is 17.4 Å². The lowest BCUT2D eigenvalue weighted by Gasteiger charge is -2.18. The summed E-state index contributed by atoms with van der Waals surface area (Å²) >= 11 is 0. The van der Waals surface area contributed by atoms with Crippen molar-refractivity contribution in [2.24, 2.45) is 0 Å². The largest absolute Gasteiger partial charge is 0.417 e. The molecule has 0 aromatic heterocycles. The molecule has 0 bridgehead atoms. The third-order valence-electron chi connectivity index (χ3n) is 5.23. The number of unbranched alkanes of at least 4 members (excludes halogenated alkanes) is 2. The Hall–Kier alpha value is -2.10. The number of ketones is 1. The number of hydrogen-bond donors (Lipinski definition) is 0. The van der Waals surface area contributed by atoms with E-state index >= 15 is 0 Å². The average Bonchev–Trinajstić information content (AvgIpc) is 2.66. The van der Waals surface area contributed by atoms with Crippen molar-refractivity contribution < 1.29 is 18.0 Å². The van der Waals surface area contributed by atoms with Crippen LogP contribution in [-0.4, -0.2) is 5.78 Å². The molecule has 152 valence electrons. The van der Waals surface area contributed by atoms with Crippen LogP contribution >= 0.6 is 0 Å². The van der Waals surface area contributed by atoms with Crippen LogP contribution in [0.15, 0.2) is 42.5 Å². The molecule has 0 heterocycles. The summed E-state index contributed by atoms with van der Waals surface area (Å²) in [7, 11) is 0. The van der Waals surface area contributed by atoms with E-state index in [2.05, 4.69) is 6.92 Å². The quantitative estimate of drug-likeness (QED) is 0.333. The van der Waals surface area contributed by atoms with Crippen LogP contribution in [0, 0.1) is 0 Å². The Morgan fingerprint density at radius 1 is 0.964 bits per heavy atom. The number of hydrogen-bond acceptors (Lipinski definition) is 1. The Morgan fingerprint density at radius 3 is 2.25 bits per heavy atom. The Kier molecular flexibility index (Phi) is 7.45. The fourth-order valence-corrected chi connectivity index (χ4v) is 3.52. The van der Waals surface area contributed by atoms with Crippen molar-refractivity contribution in [3.63, 3.8) is 0 Å². The van der Waals surface area contributed by atoms with E-state index in [0.717, 1.165) is 42.9 Å². The van der Waals surface area contributed by atoms with Crippen molar-refractivity contribution in [2.45, 2.75) is 71.4 Å². The van der Waals surface area contributed by atoms with Gasteiger partial charge in [0.25, 0.3) is 0 Å². The summed E-state index contributed by atoms with van der Waals surface area (Å²) < 4.78 is 40.8. The molecule has 0 aliphatic rings. The number of alkyl halides is 3. The molecule has 0 N–H and O–H groups in total. The minimum atomic E-state index is -4.57. The van der Waals surface area contributed by atoms with Gasteiger partial charge in [-0.2, -0.15) is 13.2 Å². The Balaban J connectivity index is 2.51. The summed E-state index contributed by atoms with van der Waals surface area (Å²) in [5.74, 6) is -0.398. The van der Waals surface area contributed by atoms with Crippen molar-refractivity contribution in [3.8, 4) is 0 Å². The molecule has 0 spiro atoms. The van der Waals surface area contributed by atoms with Gasteiger partial charge in [0.2, 0.25) is 0 Å². The zero-order valence-electron chi connectivity index (χ0n) is 17.1. The molecule has 0 saturated heterocycles. The van der Waals surface area contributed by atoms with Gasteiger partial charge < -0.3 is 0 Å². The number of benzene rings is 2. The Bertz CT molecular complexity index is 806. The van der Waals surface area contributed by atoms with Crippen molar-refractivity contribution in [1.82, 2.24) is 0 Å². The van der Waals surface area contributed by atoms with Gasteiger partial charge in [-0.05, 0) is 41.5 Å². The second-order valence-electron chi connectivity index (χ2n) is 7.77. The summed E-state index contributed by atoms with van der Waals surface area (Å²) in [6.45, 7) is 7.99. The molecule has 4 heteroatoms. The molecule has 2 aromatic rings. The highest BCUT2D eigenvalue weighted by Gasteiger charge is 2.36. The zero-order chi connectivity index (χ0) is 20.9. The highest BCUT2D eigenvalue weighted by atomic mass is 19.4. The van der Waals surface area contributed by atoms with Gasteiger partial charge in [-0.15, -0.1) is 0 Å². The fourth-order valence-electron chi connectivity index (χ4n) is 3.52. The van der Waals surface area contributed by atoms with Gasteiger partial charge in [0.15, 0.2) is 5.78 Å². The van der Waals surface area contributed by atoms with Crippen molar-refractivity contribution in [3.05, 3.63) is 70.3 Å². The van der Waals surface area contributed by atoms with Crippen molar-refractivity contribution >= 4 is 5.78 Å². The standard InChI is InChI=1S/C24H29F3O/c1-5-6-7-10-17(4)18-13-14-22(24(25,26)27)21(15-18)23(28)20-12-9-8-11-19(20)16(2)3/h8-9,11-17H,5-7,10H2,1-4H3. The van der Waals surface area contributed by atoms with Gasteiger partial charge in [0, 0.05) is 11.1 Å². The van der Waals surface area contributed by atoms with E-state index in [1.807, 2.05) is 32.9 Å². The topological polar surface area (TPSA) is 17.1 Å². The lowest BCUT2D eigenvalue weighted by atomic mass is 9.87. The van der Waals surface area contributed by atoms with Crippen molar-refractivity contribution in [1.29, 1.82) is 0 Å². The molecule has 0 aliphatic carbocycles. The van der Waals surface area contributed by atoms with Crippen LogP contribution in [0.5, 0.6) is 0 Å². The molecule has 0 aliphatic heterocycles. The first-order valence-corrected chi connectivity index (χ1v) is 10.0. The normalized spacial score (nSPS) is 13.0. The van der Waals surface area contributed by atoms with Gasteiger partial charge in [-0.25, -0.2) is 0 Å². The van der Waals surface area contributed by atoms with Crippen LogP contribution in [0.25, 0.3) is 0 Å². The van der Waals surface area contributed by atoms with E-state index < -0.39 is 17.5 Å². The summed E-state index contributed by atoms with van der Waals surface area (Å²) in [6.07, 6.45) is -0.455. The van der Waals surface area contributed by atoms with E-state index in [1.54, 1.807) is 12.1 Å². The molecule has 0 radical (unpaired) electrons. The SMILES string of the molecule is CCCCCC(C)c1ccc(C(F)(F)F)c(C(=O)c2ccccc2C(C)C)c1. The molecule has 1 atom stereocenters. The van der Waals surface area contributed by atoms with E-state index in [4.69, 9.17) is 0 Å². The number of carbonyl (C=O) groups is 1. The van der Waals surface area contributed by atoms with Gasteiger partial charge in [0.05, 0.1) is 5.56 Å². The van der Waals surface area contributed by atoms with E-state index in [1.165, 1.54) is 12.1 Å². The molecule has 1 unspecified atom stereocenters. The van der Waals surface area contributed by atoms with E-state index in [0.29, 0.717) is 5.56 Å². The second-order valence-corrected chi connectivity index (χ2v) is 7.77. The van der Waals surface area contributed by atoms with Gasteiger partial charge in [0.1, 0.15) is 0 Å². The predicted molar refractivity (Wildman–Crippen MR) is 108 cm³/mol. The molecule has 1 nitrogen and oxygen atoms in total. The fraction of sp³-hybridized carbons (Fsp3) is 0.458. The third kappa shape index (κ3) is 5.24. The maximum absolute atomic E-state index is 13.6. The van der Waals surface area contributed by atoms with Gasteiger partial charge in [-0.3, -0.25) is 4.79 Å². The van der Waals surface area contributed by atoms with Crippen LogP contribution in [0.2, 0.25) is 0 Å². The third-order valence-corrected chi connectivity index (χ3v) is 5.23. The number of rotatable bonds is 8. The van der Waals surface area contributed by atoms with Crippen LogP contribution in [-0.2, 0) is 6.18 Å². The first-order chi connectivity index (χ1) is 13.2. The smallest absolute Gasteiger partial charge is 0.289 e. The minimum Gasteiger partial charge on any atom is -0.289 e. The molecule has 2 aromatic carbocycles. The average molecular weight is 390 g/mol. The molecule has 0 saturated carbocycles. The highest BCUT2D eigenvalue weighted by molar-refractivity contribution is 6.11. The number of halogens is 3.